The highest BCUT2D eigenvalue weighted by Gasteiger charge is 2.06. The highest BCUT2D eigenvalue weighted by atomic mass is 16.5. The summed E-state index contributed by atoms with van der Waals surface area (Å²) in [5, 5.41) is 9.39. The summed E-state index contributed by atoms with van der Waals surface area (Å²) in [5.74, 6) is 2.00. The smallest absolute Gasteiger partial charge is 0.127 e. The maximum absolute atomic E-state index is 9.39. The van der Waals surface area contributed by atoms with Gasteiger partial charge in [-0.1, -0.05) is 49.4 Å². The van der Waals surface area contributed by atoms with Crippen molar-refractivity contribution < 1.29 is 9.84 Å². The standard InChI is InChI=1S/C22H23NO2/c1-2-23(16-18-8-12-20(24)13-9-18)17-19-10-14-22(15-11-19)25-21-6-4-3-5-7-21/h3-15,24H,2,16-17H2,1H3. The van der Waals surface area contributed by atoms with Crippen LogP contribution in [-0.2, 0) is 13.1 Å². The van der Waals surface area contributed by atoms with Crippen LogP contribution in [0, 0.1) is 0 Å². The summed E-state index contributed by atoms with van der Waals surface area (Å²) in [6.07, 6.45) is 0. The summed E-state index contributed by atoms with van der Waals surface area (Å²) in [4.78, 5) is 2.36. The van der Waals surface area contributed by atoms with E-state index >= 15 is 0 Å². The molecule has 0 aromatic heterocycles. The number of aromatic hydroxyl groups is 1. The van der Waals surface area contributed by atoms with Crippen molar-refractivity contribution in [3.8, 4) is 17.2 Å². The van der Waals surface area contributed by atoms with Gasteiger partial charge in [-0.3, -0.25) is 4.90 Å². The van der Waals surface area contributed by atoms with E-state index in [9.17, 15) is 5.11 Å². The average Bonchev–Trinajstić information content (AvgIpc) is 2.65. The first-order valence-corrected chi connectivity index (χ1v) is 8.55. The van der Waals surface area contributed by atoms with Crippen LogP contribution in [-0.4, -0.2) is 16.6 Å². The topological polar surface area (TPSA) is 32.7 Å². The maximum Gasteiger partial charge on any atom is 0.127 e. The lowest BCUT2D eigenvalue weighted by Crippen LogP contribution is -2.22. The molecule has 3 nitrogen and oxygen atoms in total. The van der Waals surface area contributed by atoms with Crippen molar-refractivity contribution in [1.29, 1.82) is 0 Å². The van der Waals surface area contributed by atoms with Crippen molar-refractivity contribution in [2.75, 3.05) is 6.54 Å². The lowest BCUT2D eigenvalue weighted by molar-refractivity contribution is 0.271. The van der Waals surface area contributed by atoms with Crippen LogP contribution in [0.2, 0.25) is 0 Å². The third kappa shape index (κ3) is 5.10. The molecular weight excluding hydrogens is 310 g/mol. The van der Waals surface area contributed by atoms with E-state index in [-0.39, 0.29) is 0 Å². The Morgan fingerprint density at radius 1 is 0.720 bits per heavy atom. The van der Waals surface area contributed by atoms with Gasteiger partial charge in [0.05, 0.1) is 0 Å². The molecule has 3 aromatic carbocycles. The molecule has 0 aliphatic carbocycles. The number of benzene rings is 3. The molecule has 0 saturated carbocycles. The quantitative estimate of drug-likeness (QED) is 0.644. The number of nitrogens with zero attached hydrogens (tertiary/aromatic N) is 1. The molecule has 0 radical (unpaired) electrons. The summed E-state index contributed by atoms with van der Waals surface area (Å²) >= 11 is 0. The summed E-state index contributed by atoms with van der Waals surface area (Å²) in [7, 11) is 0. The van der Waals surface area contributed by atoms with Crippen molar-refractivity contribution in [2.24, 2.45) is 0 Å². The maximum atomic E-state index is 9.39. The highest BCUT2D eigenvalue weighted by Crippen LogP contribution is 2.22. The Balaban J connectivity index is 1.60. The second-order valence-electron chi connectivity index (χ2n) is 6.03. The number of phenols is 1. The van der Waals surface area contributed by atoms with Crippen LogP contribution in [0.15, 0.2) is 78.9 Å². The zero-order valence-electron chi connectivity index (χ0n) is 14.4. The largest absolute Gasteiger partial charge is 0.508 e. The van der Waals surface area contributed by atoms with Crippen LogP contribution < -0.4 is 4.74 Å². The molecule has 0 aliphatic heterocycles. The molecule has 0 heterocycles. The molecule has 0 atom stereocenters. The lowest BCUT2D eigenvalue weighted by atomic mass is 10.1. The van der Waals surface area contributed by atoms with Gasteiger partial charge in [0.2, 0.25) is 0 Å². The molecule has 0 amide bonds. The Bertz CT molecular complexity index is 767. The van der Waals surface area contributed by atoms with Gasteiger partial charge >= 0.3 is 0 Å². The van der Waals surface area contributed by atoms with Gasteiger partial charge < -0.3 is 9.84 Å². The van der Waals surface area contributed by atoms with E-state index in [1.165, 1.54) is 11.1 Å². The Morgan fingerprint density at radius 2 is 1.24 bits per heavy atom. The minimum Gasteiger partial charge on any atom is -0.508 e. The third-order valence-corrected chi connectivity index (χ3v) is 4.10. The van der Waals surface area contributed by atoms with Crippen molar-refractivity contribution in [1.82, 2.24) is 4.90 Å². The Morgan fingerprint density at radius 3 is 1.80 bits per heavy atom. The first kappa shape index (κ1) is 17.1. The number of para-hydroxylation sites is 1. The summed E-state index contributed by atoms with van der Waals surface area (Å²) in [6.45, 7) is 4.86. The Hall–Kier alpha value is -2.78. The van der Waals surface area contributed by atoms with Crippen LogP contribution in [0.5, 0.6) is 17.2 Å². The summed E-state index contributed by atoms with van der Waals surface area (Å²) in [5.41, 5.74) is 2.45. The van der Waals surface area contributed by atoms with Gasteiger partial charge in [0, 0.05) is 13.1 Å². The van der Waals surface area contributed by atoms with Crippen molar-refractivity contribution in [3.63, 3.8) is 0 Å². The first-order chi connectivity index (χ1) is 12.2. The molecule has 0 fully saturated rings. The summed E-state index contributed by atoms with van der Waals surface area (Å²) in [6, 6.07) is 25.4. The van der Waals surface area contributed by atoms with Crippen molar-refractivity contribution in [3.05, 3.63) is 90.0 Å². The summed E-state index contributed by atoms with van der Waals surface area (Å²) < 4.78 is 5.83. The molecule has 0 bridgehead atoms. The molecule has 3 heteroatoms. The van der Waals surface area contributed by atoms with E-state index in [1.54, 1.807) is 12.1 Å². The predicted octanol–water partition coefficient (Wildman–Crippen LogP) is 5.21. The van der Waals surface area contributed by atoms with E-state index in [4.69, 9.17) is 4.74 Å². The lowest BCUT2D eigenvalue weighted by Gasteiger charge is -2.21. The molecule has 3 rings (SSSR count). The SMILES string of the molecule is CCN(Cc1ccc(O)cc1)Cc1ccc(Oc2ccccc2)cc1. The van der Waals surface area contributed by atoms with E-state index in [0.717, 1.165) is 31.1 Å². The molecule has 25 heavy (non-hydrogen) atoms. The zero-order valence-corrected chi connectivity index (χ0v) is 14.4. The minimum atomic E-state index is 0.306. The monoisotopic (exact) mass is 333 g/mol. The van der Waals surface area contributed by atoms with Crippen LogP contribution in [0.25, 0.3) is 0 Å². The Labute approximate surface area is 149 Å². The fourth-order valence-corrected chi connectivity index (χ4v) is 2.68. The van der Waals surface area contributed by atoms with Crippen molar-refractivity contribution >= 4 is 0 Å². The van der Waals surface area contributed by atoms with Gasteiger partial charge in [-0.05, 0) is 54.1 Å². The number of phenolic OH excluding ortho intramolecular Hbond substituents is 1. The Kier molecular flexibility index (Phi) is 5.70. The van der Waals surface area contributed by atoms with Gasteiger partial charge in [0.25, 0.3) is 0 Å². The van der Waals surface area contributed by atoms with Crippen LogP contribution in [0.3, 0.4) is 0 Å². The van der Waals surface area contributed by atoms with Crippen molar-refractivity contribution in [2.45, 2.75) is 20.0 Å². The average molecular weight is 333 g/mol. The number of rotatable bonds is 7. The molecule has 0 unspecified atom stereocenters. The number of ether oxygens (including phenoxy) is 1. The number of hydrogen-bond acceptors (Lipinski definition) is 3. The van der Waals surface area contributed by atoms with Gasteiger partial charge in [-0.2, -0.15) is 0 Å². The molecule has 3 aromatic rings. The fourth-order valence-electron chi connectivity index (χ4n) is 2.68. The molecule has 1 N–H and O–H groups in total. The van der Waals surface area contributed by atoms with Crippen LogP contribution in [0.4, 0.5) is 0 Å². The van der Waals surface area contributed by atoms with E-state index < -0.39 is 0 Å². The molecule has 128 valence electrons. The first-order valence-electron chi connectivity index (χ1n) is 8.55. The highest BCUT2D eigenvalue weighted by molar-refractivity contribution is 5.33. The molecule has 0 aliphatic rings. The van der Waals surface area contributed by atoms with Crippen LogP contribution in [0.1, 0.15) is 18.1 Å². The second-order valence-corrected chi connectivity index (χ2v) is 6.03. The van der Waals surface area contributed by atoms with E-state index in [1.807, 2.05) is 54.6 Å². The molecule has 0 saturated heterocycles. The number of hydrogen-bond donors (Lipinski definition) is 1. The second kappa shape index (κ2) is 8.36. The van der Waals surface area contributed by atoms with Gasteiger partial charge in [-0.15, -0.1) is 0 Å². The van der Waals surface area contributed by atoms with Gasteiger partial charge in [0.1, 0.15) is 17.2 Å². The van der Waals surface area contributed by atoms with Gasteiger partial charge in [0.15, 0.2) is 0 Å². The van der Waals surface area contributed by atoms with Crippen LogP contribution >= 0.6 is 0 Å². The fraction of sp³-hybridized carbons (Fsp3) is 0.182. The minimum absolute atomic E-state index is 0.306. The normalized spacial score (nSPS) is 10.8. The molecular formula is C22H23NO2. The van der Waals surface area contributed by atoms with Gasteiger partial charge in [-0.25, -0.2) is 0 Å². The zero-order chi connectivity index (χ0) is 17.5. The van der Waals surface area contributed by atoms with E-state index in [2.05, 4.69) is 24.0 Å². The van der Waals surface area contributed by atoms with E-state index in [0.29, 0.717) is 5.75 Å². The predicted molar refractivity (Wildman–Crippen MR) is 101 cm³/mol. The third-order valence-electron chi connectivity index (χ3n) is 4.10. The molecule has 0 spiro atoms.